The summed E-state index contributed by atoms with van der Waals surface area (Å²) in [6.07, 6.45) is 0. The highest BCUT2D eigenvalue weighted by atomic mass is 32.1. The summed E-state index contributed by atoms with van der Waals surface area (Å²) < 4.78 is 1.79. The third-order valence-electron chi connectivity index (χ3n) is 2.50. The Morgan fingerprint density at radius 3 is 2.79 bits per heavy atom. The van der Waals surface area contributed by atoms with Gasteiger partial charge in [-0.05, 0) is 31.3 Å². The van der Waals surface area contributed by atoms with Gasteiger partial charge in [-0.1, -0.05) is 18.2 Å². The van der Waals surface area contributed by atoms with Crippen molar-refractivity contribution in [2.45, 2.75) is 6.92 Å². The Hall–Kier alpha value is -1.99. The summed E-state index contributed by atoms with van der Waals surface area (Å²) in [5, 5.41) is 12.9. The van der Waals surface area contributed by atoms with Gasteiger partial charge in [0.05, 0.1) is 5.69 Å². The van der Waals surface area contributed by atoms with Crippen molar-refractivity contribution in [2.24, 2.45) is 0 Å². The highest BCUT2D eigenvalue weighted by Gasteiger charge is 2.08. The summed E-state index contributed by atoms with van der Waals surface area (Å²) >= 11 is 6.77. The second-order valence-corrected chi connectivity index (χ2v) is 5.20. The average molecular weight is 289 g/mol. The number of benzene rings is 1. The van der Waals surface area contributed by atoms with Crippen molar-refractivity contribution in [3.8, 4) is 0 Å². The first-order valence-corrected chi connectivity index (χ1v) is 6.95. The second-order valence-electron chi connectivity index (χ2n) is 3.95. The Morgan fingerprint density at radius 1 is 1.26 bits per heavy atom. The lowest BCUT2D eigenvalue weighted by Crippen LogP contribution is -2.19. The third-order valence-corrected chi connectivity index (χ3v) is 3.64. The molecule has 0 saturated heterocycles. The fraction of sp³-hybridized carbons (Fsp3) is 0.0833. The van der Waals surface area contributed by atoms with Crippen molar-refractivity contribution in [1.82, 2.24) is 14.6 Å². The van der Waals surface area contributed by atoms with E-state index in [2.05, 4.69) is 20.7 Å². The molecule has 0 aliphatic heterocycles. The molecule has 2 heterocycles. The lowest BCUT2D eigenvalue weighted by atomic mass is 10.3. The smallest absolute Gasteiger partial charge is 0.250 e. The summed E-state index contributed by atoms with van der Waals surface area (Å²) in [5.41, 5.74) is 1.99. The van der Waals surface area contributed by atoms with Crippen LogP contribution >= 0.6 is 23.6 Å². The number of anilines is 2. The molecule has 0 spiro atoms. The van der Waals surface area contributed by atoms with Gasteiger partial charge in [-0.3, -0.25) is 5.32 Å². The van der Waals surface area contributed by atoms with E-state index in [4.69, 9.17) is 12.2 Å². The van der Waals surface area contributed by atoms with E-state index >= 15 is 0 Å². The SMILES string of the molecule is Cc1csc2nc(NC(=S)Nc3ccccc3)nn12. The average Bonchev–Trinajstić information content (AvgIpc) is 2.93. The molecule has 2 aromatic heterocycles. The molecule has 3 aromatic rings. The maximum atomic E-state index is 5.22. The molecule has 0 bridgehead atoms. The number of aromatic nitrogens is 3. The predicted octanol–water partition coefficient (Wildman–Crippen LogP) is 2.91. The van der Waals surface area contributed by atoms with Gasteiger partial charge in [0, 0.05) is 11.1 Å². The van der Waals surface area contributed by atoms with Gasteiger partial charge in [-0.25, -0.2) is 4.52 Å². The Bertz CT molecular complexity index is 716. The molecule has 0 fully saturated rings. The lowest BCUT2D eigenvalue weighted by molar-refractivity contribution is 0.937. The van der Waals surface area contributed by atoms with Gasteiger partial charge in [0.1, 0.15) is 0 Å². The molecule has 96 valence electrons. The van der Waals surface area contributed by atoms with Crippen molar-refractivity contribution < 1.29 is 0 Å². The number of thiocarbonyl (C=S) groups is 1. The van der Waals surface area contributed by atoms with Crippen LogP contribution in [-0.4, -0.2) is 19.7 Å². The number of rotatable bonds is 2. The monoisotopic (exact) mass is 289 g/mol. The number of para-hydroxylation sites is 1. The quantitative estimate of drug-likeness (QED) is 0.710. The van der Waals surface area contributed by atoms with Crippen molar-refractivity contribution >= 4 is 45.3 Å². The fourth-order valence-corrected chi connectivity index (χ4v) is 2.64. The first-order valence-electron chi connectivity index (χ1n) is 5.66. The van der Waals surface area contributed by atoms with Gasteiger partial charge in [-0.2, -0.15) is 4.98 Å². The summed E-state index contributed by atoms with van der Waals surface area (Å²) in [5.74, 6) is 0.503. The largest absolute Gasteiger partial charge is 0.332 e. The maximum absolute atomic E-state index is 5.22. The Morgan fingerprint density at radius 2 is 2.05 bits per heavy atom. The van der Waals surface area contributed by atoms with Crippen LogP contribution in [0.4, 0.5) is 11.6 Å². The van der Waals surface area contributed by atoms with Crippen LogP contribution in [0.3, 0.4) is 0 Å². The van der Waals surface area contributed by atoms with Crippen LogP contribution in [0.2, 0.25) is 0 Å². The maximum Gasteiger partial charge on any atom is 0.250 e. The third kappa shape index (κ3) is 2.56. The van der Waals surface area contributed by atoms with Gasteiger partial charge < -0.3 is 5.32 Å². The minimum Gasteiger partial charge on any atom is -0.332 e. The highest BCUT2D eigenvalue weighted by Crippen LogP contribution is 2.15. The van der Waals surface area contributed by atoms with Crippen LogP contribution in [0.5, 0.6) is 0 Å². The Kier molecular flexibility index (Phi) is 3.14. The van der Waals surface area contributed by atoms with Crippen molar-refractivity contribution in [3.63, 3.8) is 0 Å². The molecule has 19 heavy (non-hydrogen) atoms. The van der Waals surface area contributed by atoms with E-state index in [1.807, 2.05) is 42.6 Å². The highest BCUT2D eigenvalue weighted by molar-refractivity contribution is 7.80. The van der Waals surface area contributed by atoms with E-state index in [0.29, 0.717) is 11.1 Å². The van der Waals surface area contributed by atoms with E-state index in [0.717, 1.165) is 16.3 Å². The van der Waals surface area contributed by atoms with Crippen LogP contribution in [0.15, 0.2) is 35.7 Å². The molecule has 5 nitrogen and oxygen atoms in total. The van der Waals surface area contributed by atoms with E-state index in [1.165, 1.54) is 0 Å². The number of thiazole rings is 1. The van der Waals surface area contributed by atoms with Crippen molar-refractivity contribution in [2.75, 3.05) is 10.6 Å². The number of aryl methyl sites for hydroxylation is 1. The number of hydrogen-bond acceptors (Lipinski definition) is 4. The predicted molar refractivity (Wildman–Crippen MR) is 81.9 cm³/mol. The Balaban J connectivity index is 1.72. The molecule has 3 rings (SSSR count). The zero-order chi connectivity index (χ0) is 13.2. The molecule has 0 aliphatic rings. The van der Waals surface area contributed by atoms with Crippen LogP contribution in [-0.2, 0) is 0 Å². The van der Waals surface area contributed by atoms with E-state index in [1.54, 1.807) is 15.9 Å². The molecule has 0 saturated carbocycles. The number of hydrogen-bond donors (Lipinski definition) is 2. The molecule has 0 radical (unpaired) electrons. The summed E-state index contributed by atoms with van der Waals surface area (Å²) in [6.45, 7) is 1.99. The van der Waals surface area contributed by atoms with Gasteiger partial charge in [0.25, 0.3) is 0 Å². The van der Waals surface area contributed by atoms with Gasteiger partial charge in [0.2, 0.25) is 10.9 Å². The molecule has 0 unspecified atom stereocenters. The first-order chi connectivity index (χ1) is 9.22. The molecule has 0 atom stereocenters. The first kappa shape index (κ1) is 12.1. The zero-order valence-electron chi connectivity index (χ0n) is 10.1. The van der Waals surface area contributed by atoms with Gasteiger partial charge >= 0.3 is 0 Å². The zero-order valence-corrected chi connectivity index (χ0v) is 11.8. The minimum absolute atomic E-state index is 0.474. The molecule has 2 N–H and O–H groups in total. The molecule has 7 heteroatoms. The van der Waals surface area contributed by atoms with E-state index in [9.17, 15) is 0 Å². The standard InChI is InChI=1S/C12H11N5S2/c1-8-7-19-12-15-10(16-17(8)12)14-11(18)13-9-5-3-2-4-6-9/h2-7H,1H3,(H2,13,14,16,18). The molecule has 0 amide bonds. The van der Waals surface area contributed by atoms with Gasteiger partial charge in [-0.15, -0.1) is 16.4 Å². The lowest BCUT2D eigenvalue weighted by Gasteiger charge is -2.06. The molecular weight excluding hydrogens is 278 g/mol. The molecular formula is C12H11N5S2. The van der Waals surface area contributed by atoms with Crippen molar-refractivity contribution in [3.05, 3.63) is 41.4 Å². The topological polar surface area (TPSA) is 54.2 Å². The van der Waals surface area contributed by atoms with E-state index < -0.39 is 0 Å². The normalized spacial score (nSPS) is 10.6. The number of nitrogens with zero attached hydrogens (tertiary/aromatic N) is 3. The summed E-state index contributed by atoms with van der Waals surface area (Å²) in [4.78, 5) is 5.20. The number of fused-ring (bicyclic) bond motifs is 1. The van der Waals surface area contributed by atoms with Gasteiger partial charge in [0.15, 0.2) is 5.11 Å². The summed E-state index contributed by atoms with van der Waals surface area (Å²) in [6, 6.07) is 9.72. The molecule has 1 aromatic carbocycles. The molecule has 0 aliphatic carbocycles. The minimum atomic E-state index is 0.474. The van der Waals surface area contributed by atoms with Crippen LogP contribution < -0.4 is 10.6 Å². The van der Waals surface area contributed by atoms with Crippen LogP contribution in [0.1, 0.15) is 5.69 Å². The van der Waals surface area contributed by atoms with Crippen molar-refractivity contribution in [1.29, 1.82) is 0 Å². The fourth-order valence-electron chi connectivity index (χ4n) is 1.63. The summed E-state index contributed by atoms with van der Waals surface area (Å²) in [7, 11) is 0. The Labute approximate surface area is 119 Å². The second kappa shape index (κ2) is 4.94. The van der Waals surface area contributed by atoms with E-state index in [-0.39, 0.29) is 0 Å². The number of nitrogens with one attached hydrogen (secondary N) is 2. The van der Waals surface area contributed by atoms with Crippen LogP contribution in [0.25, 0.3) is 4.96 Å². The van der Waals surface area contributed by atoms with Crippen LogP contribution in [0, 0.1) is 6.92 Å².